The van der Waals surface area contributed by atoms with Crippen molar-refractivity contribution in [3.63, 3.8) is 0 Å². The Morgan fingerprint density at radius 3 is 2.00 bits per heavy atom. The molecule has 0 aromatic heterocycles. The third kappa shape index (κ3) is 6.50. The Hall–Kier alpha value is -4.82. The summed E-state index contributed by atoms with van der Waals surface area (Å²) < 4.78 is 16.0. The molecule has 4 aromatic carbocycles. The van der Waals surface area contributed by atoms with E-state index in [0.29, 0.717) is 28.3 Å². The summed E-state index contributed by atoms with van der Waals surface area (Å²) in [6.45, 7) is 5.18. The predicted molar refractivity (Wildman–Crippen MR) is 162 cm³/mol. The number of amides is 2. The molecule has 0 bridgehead atoms. The minimum Gasteiger partial charge on any atom is -0.493 e. The molecule has 2 amide bonds. The van der Waals surface area contributed by atoms with Gasteiger partial charge in [0.1, 0.15) is 0 Å². The SMILES string of the molecule is COc1ccc(NC(=O)c2ccc(-c3cc(C(=O)Nc4ccc(N5CCOCC5)cc4)ccc3C)cc2)cc1OC. The molecule has 0 spiro atoms. The van der Waals surface area contributed by atoms with E-state index in [-0.39, 0.29) is 11.8 Å². The fourth-order valence-electron chi connectivity index (χ4n) is 4.77. The van der Waals surface area contributed by atoms with Crippen LogP contribution in [0, 0.1) is 6.92 Å². The first kappa shape index (κ1) is 27.7. The molecule has 0 aliphatic carbocycles. The highest BCUT2D eigenvalue weighted by molar-refractivity contribution is 6.06. The van der Waals surface area contributed by atoms with Crippen molar-refractivity contribution >= 4 is 28.9 Å². The number of benzene rings is 4. The molecule has 8 nitrogen and oxygen atoms in total. The number of aryl methyl sites for hydroxylation is 1. The van der Waals surface area contributed by atoms with Crippen molar-refractivity contribution in [1.82, 2.24) is 0 Å². The highest BCUT2D eigenvalue weighted by Gasteiger charge is 2.14. The number of rotatable bonds is 8. The third-order valence-corrected chi connectivity index (χ3v) is 7.10. The second-order valence-corrected chi connectivity index (χ2v) is 9.73. The molecule has 1 saturated heterocycles. The average molecular weight is 552 g/mol. The summed E-state index contributed by atoms with van der Waals surface area (Å²) in [4.78, 5) is 28.2. The van der Waals surface area contributed by atoms with Gasteiger partial charge in [0.25, 0.3) is 11.8 Å². The van der Waals surface area contributed by atoms with E-state index in [1.165, 1.54) is 0 Å². The van der Waals surface area contributed by atoms with Gasteiger partial charge in [-0.2, -0.15) is 0 Å². The lowest BCUT2D eigenvalue weighted by Crippen LogP contribution is -2.36. The molecule has 2 N–H and O–H groups in total. The molecule has 4 aromatic rings. The summed E-state index contributed by atoms with van der Waals surface area (Å²) in [5, 5.41) is 5.89. The number of carbonyl (C=O) groups excluding carboxylic acids is 2. The molecule has 5 rings (SSSR count). The van der Waals surface area contributed by atoms with Crippen LogP contribution in [-0.2, 0) is 4.74 Å². The van der Waals surface area contributed by atoms with Crippen molar-refractivity contribution < 1.29 is 23.8 Å². The van der Waals surface area contributed by atoms with E-state index < -0.39 is 0 Å². The van der Waals surface area contributed by atoms with Gasteiger partial charge in [-0.05, 0) is 84.3 Å². The minimum atomic E-state index is -0.242. The lowest BCUT2D eigenvalue weighted by molar-refractivity contribution is 0.101. The molecule has 1 aliphatic rings. The maximum Gasteiger partial charge on any atom is 0.255 e. The van der Waals surface area contributed by atoms with Gasteiger partial charge in [0.05, 0.1) is 27.4 Å². The summed E-state index contributed by atoms with van der Waals surface area (Å²) in [5.74, 6) is 0.692. The van der Waals surface area contributed by atoms with E-state index in [9.17, 15) is 9.59 Å². The zero-order valence-corrected chi connectivity index (χ0v) is 23.4. The fourth-order valence-corrected chi connectivity index (χ4v) is 4.77. The molecule has 1 aliphatic heterocycles. The van der Waals surface area contributed by atoms with Crippen LogP contribution in [0.4, 0.5) is 17.1 Å². The third-order valence-electron chi connectivity index (χ3n) is 7.10. The number of nitrogens with one attached hydrogen (secondary N) is 2. The van der Waals surface area contributed by atoms with Crippen LogP contribution in [0.2, 0.25) is 0 Å². The molecule has 0 atom stereocenters. The normalized spacial score (nSPS) is 12.9. The van der Waals surface area contributed by atoms with Crippen molar-refractivity contribution in [3.8, 4) is 22.6 Å². The molecule has 1 fully saturated rings. The van der Waals surface area contributed by atoms with Gasteiger partial charge in [-0.15, -0.1) is 0 Å². The molecular formula is C33H33N3O5. The molecule has 1 heterocycles. The number of nitrogens with zero attached hydrogens (tertiary/aromatic N) is 1. The van der Waals surface area contributed by atoms with E-state index in [2.05, 4.69) is 15.5 Å². The number of ether oxygens (including phenoxy) is 3. The molecule has 210 valence electrons. The van der Waals surface area contributed by atoms with Crippen LogP contribution in [0.3, 0.4) is 0 Å². The standard InChI is InChI=1S/C33H33N3O5/c1-22-4-5-25(33(38)34-26-10-13-28(14-11-26)36-16-18-41-19-17-36)20-29(22)23-6-8-24(9-7-23)32(37)35-27-12-15-30(39-2)31(21-27)40-3/h4-15,20-21H,16-19H2,1-3H3,(H,34,38)(H,35,37). The van der Waals surface area contributed by atoms with Gasteiger partial charge in [-0.3, -0.25) is 9.59 Å². The number of hydrogen-bond acceptors (Lipinski definition) is 6. The van der Waals surface area contributed by atoms with Crippen LogP contribution in [0.1, 0.15) is 26.3 Å². The zero-order valence-electron chi connectivity index (χ0n) is 23.4. The maximum atomic E-state index is 13.1. The van der Waals surface area contributed by atoms with E-state index in [4.69, 9.17) is 14.2 Å². The Balaban J connectivity index is 1.26. The average Bonchev–Trinajstić information content (AvgIpc) is 3.02. The van der Waals surface area contributed by atoms with Crippen molar-refractivity contribution in [2.24, 2.45) is 0 Å². The van der Waals surface area contributed by atoms with E-state index in [1.54, 1.807) is 44.6 Å². The van der Waals surface area contributed by atoms with Crippen molar-refractivity contribution in [2.75, 3.05) is 56.1 Å². The highest BCUT2D eigenvalue weighted by atomic mass is 16.5. The second-order valence-electron chi connectivity index (χ2n) is 9.73. The summed E-state index contributed by atoms with van der Waals surface area (Å²) >= 11 is 0. The smallest absolute Gasteiger partial charge is 0.255 e. The van der Waals surface area contributed by atoms with E-state index in [0.717, 1.165) is 54.4 Å². The first-order valence-electron chi connectivity index (χ1n) is 13.4. The van der Waals surface area contributed by atoms with Crippen LogP contribution in [0.15, 0.2) is 84.9 Å². The minimum absolute atomic E-state index is 0.184. The summed E-state index contributed by atoms with van der Waals surface area (Å²) in [6, 6.07) is 26.0. The zero-order chi connectivity index (χ0) is 28.8. The van der Waals surface area contributed by atoms with Gasteiger partial charge >= 0.3 is 0 Å². The number of hydrogen-bond donors (Lipinski definition) is 2. The van der Waals surface area contributed by atoms with Crippen molar-refractivity contribution in [2.45, 2.75) is 6.92 Å². The van der Waals surface area contributed by atoms with Gasteiger partial charge in [-0.1, -0.05) is 18.2 Å². The summed E-state index contributed by atoms with van der Waals surface area (Å²) in [7, 11) is 3.11. The lowest BCUT2D eigenvalue weighted by atomic mass is 9.97. The van der Waals surface area contributed by atoms with Gasteiger partial charge in [0.2, 0.25) is 0 Å². The Morgan fingerprint density at radius 2 is 1.32 bits per heavy atom. The number of anilines is 3. The number of carbonyl (C=O) groups is 2. The van der Waals surface area contributed by atoms with Gasteiger partial charge in [0, 0.05) is 47.3 Å². The van der Waals surface area contributed by atoms with Crippen molar-refractivity contribution in [3.05, 3.63) is 102 Å². The van der Waals surface area contributed by atoms with Crippen LogP contribution >= 0.6 is 0 Å². The van der Waals surface area contributed by atoms with Gasteiger partial charge in [-0.25, -0.2) is 0 Å². The van der Waals surface area contributed by atoms with Crippen LogP contribution < -0.4 is 25.0 Å². The largest absolute Gasteiger partial charge is 0.493 e. The summed E-state index contributed by atoms with van der Waals surface area (Å²) in [5.41, 5.74) is 6.38. The Morgan fingerprint density at radius 1 is 0.707 bits per heavy atom. The molecule has 41 heavy (non-hydrogen) atoms. The van der Waals surface area contributed by atoms with Crippen LogP contribution in [-0.4, -0.2) is 52.3 Å². The first-order chi connectivity index (χ1) is 19.9. The highest BCUT2D eigenvalue weighted by Crippen LogP contribution is 2.30. The molecule has 8 heteroatoms. The monoisotopic (exact) mass is 551 g/mol. The Labute approximate surface area is 239 Å². The number of morpholine rings is 1. The fraction of sp³-hybridized carbons (Fsp3) is 0.212. The Bertz CT molecular complexity index is 1530. The molecule has 0 unspecified atom stereocenters. The second kappa shape index (κ2) is 12.6. The maximum absolute atomic E-state index is 13.1. The molecule has 0 radical (unpaired) electrons. The Kier molecular flexibility index (Phi) is 8.50. The van der Waals surface area contributed by atoms with Gasteiger partial charge in [0.15, 0.2) is 11.5 Å². The van der Waals surface area contributed by atoms with Crippen LogP contribution in [0.25, 0.3) is 11.1 Å². The lowest BCUT2D eigenvalue weighted by Gasteiger charge is -2.28. The molecular weight excluding hydrogens is 518 g/mol. The van der Waals surface area contributed by atoms with E-state index >= 15 is 0 Å². The van der Waals surface area contributed by atoms with E-state index in [1.807, 2.05) is 61.5 Å². The number of methoxy groups -OCH3 is 2. The van der Waals surface area contributed by atoms with Crippen molar-refractivity contribution in [1.29, 1.82) is 0 Å². The molecule has 0 saturated carbocycles. The summed E-state index contributed by atoms with van der Waals surface area (Å²) in [6.07, 6.45) is 0. The quantitative estimate of drug-likeness (QED) is 0.278. The predicted octanol–water partition coefficient (Wildman–Crippen LogP) is 6.02. The van der Waals surface area contributed by atoms with Gasteiger partial charge < -0.3 is 29.7 Å². The topological polar surface area (TPSA) is 89.1 Å². The van der Waals surface area contributed by atoms with Crippen LogP contribution in [0.5, 0.6) is 11.5 Å². The first-order valence-corrected chi connectivity index (χ1v) is 13.4.